The summed E-state index contributed by atoms with van der Waals surface area (Å²) in [6.45, 7) is 5.32. The quantitative estimate of drug-likeness (QED) is 0.306. The Morgan fingerprint density at radius 1 is 1.24 bits per heavy atom. The average Bonchev–Trinajstić information content (AvgIpc) is 3.47. The summed E-state index contributed by atoms with van der Waals surface area (Å²) >= 11 is 0. The van der Waals surface area contributed by atoms with Crippen LogP contribution in [0.5, 0.6) is 5.75 Å². The summed E-state index contributed by atoms with van der Waals surface area (Å²) in [6, 6.07) is 12.0. The fourth-order valence-electron chi connectivity index (χ4n) is 3.48. The van der Waals surface area contributed by atoms with Gasteiger partial charge in [0.25, 0.3) is 0 Å². The minimum absolute atomic E-state index is 0.0364. The van der Waals surface area contributed by atoms with Gasteiger partial charge >= 0.3 is 14.1 Å². The molecule has 3 unspecified atom stereocenters. The monoisotopic (exact) mass is 488 g/mol. The Balaban J connectivity index is 0.000000396. The fraction of sp³-hybridized carbons (Fsp3) is 0.417. The second kappa shape index (κ2) is 12.6. The van der Waals surface area contributed by atoms with Crippen LogP contribution in [0.15, 0.2) is 54.9 Å². The predicted octanol–water partition coefficient (Wildman–Crippen LogP) is 4.78. The van der Waals surface area contributed by atoms with Crippen LogP contribution in [0.4, 0.5) is 0 Å². The highest BCUT2D eigenvalue weighted by Gasteiger charge is 2.33. The molecule has 1 aromatic carbocycles. The molecule has 0 saturated carbocycles. The van der Waals surface area contributed by atoms with Crippen molar-refractivity contribution in [3.63, 3.8) is 0 Å². The number of nitrogens with one attached hydrogen (secondary N) is 2. The van der Waals surface area contributed by atoms with Crippen LogP contribution in [0.25, 0.3) is 11.0 Å². The van der Waals surface area contributed by atoms with Gasteiger partial charge in [0.2, 0.25) is 0 Å². The van der Waals surface area contributed by atoms with E-state index in [0.29, 0.717) is 5.75 Å². The lowest BCUT2D eigenvalue weighted by atomic mass is 10.0. The van der Waals surface area contributed by atoms with Gasteiger partial charge < -0.3 is 19.6 Å². The molecular formula is C24H31N3O6P+. The third-order valence-corrected chi connectivity index (χ3v) is 6.07. The summed E-state index contributed by atoms with van der Waals surface area (Å²) in [5.74, 6) is -0.134. The van der Waals surface area contributed by atoms with Gasteiger partial charge in [0, 0.05) is 17.8 Å². The van der Waals surface area contributed by atoms with E-state index < -0.39 is 20.2 Å². The lowest BCUT2D eigenvalue weighted by Crippen LogP contribution is -2.33. The van der Waals surface area contributed by atoms with Crippen molar-refractivity contribution in [2.24, 2.45) is 0 Å². The summed E-state index contributed by atoms with van der Waals surface area (Å²) in [6.07, 6.45) is 4.90. The molecule has 1 aliphatic rings. The van der Waals surface area contributed by atoms with Crippen LogP contribution in [-0.2, 0) is 23.4 Å². The molecule has 0 radical (unpaired) electrons. The number of aromatic nitrogens is 2. The van der Waals surface area contributed by atoms with Gasteiger partial charge in [-0.25, -0.2) is 4.98 Å². The predicted molar refractivity (Wildman–Crippen MR) is 128 cm³/mol. The number of benzene rings is 1. The third kappa shape index (κ3) is 7.60. The smallest absolute Gasteiger partial charge is 0.508 e. The molecule has 3 N–H and O–H groups in total. The van der Waals surface area contributed by atoms with E-state index in [1.54, 1.807) is 51.2 Å². The second-order valence-corrected chi connectivity index (χ2v) is 9.22. The molecule has 182 valence electrons. The largest absolute Gasteiger partial charge is 0.613 e. The van der Waals surface area contributed by atoms with Crippen molar-refractivity contribution in [1.82, 2.24) is 15.1 Å². The molecule has 0 amide bonds. The summed E-state index contributed by atoms with van der Waals surface area (Å²) in [5.41, 5.74) is 1.93. The number of phenols is 1. The second-order valence-electron chi connectivity index (χ2n) is 8.19. The van der Waals surface area contributed by atoms with E-state index in [2.05, 4.69) is 15.1 Å². The van der Waals surface area contributed by atoms with E-state index in [4.69, 9.17) is 19.1 Å². The topological polar surface area (TPSA) is 123 Å². The van der Waals surface area contributed by atoms with E-state index in [-0.39, 0.29) is 24.9 Å². The first-order valence-corrected chi connectivity index (χ1v) is 12.4. The number of hydrogen-bond acceptors (Lipinski definition) is 7. The molecule has 4 atom stereocenters. The Morgan fingerprint density at radius 2 is 2.00 bits per heavy atom. The Bertz CT molecular complexity index is 1070. The number of fused-ring (bicyclic) bond motifs is 1. The van der Waals surface area contributed by atoms with Crippen molar-refractivity contribution in [1.29, 1.82) is 0 Å². The minimum Gasteiger partial charge on any atom is -0.508 e. The Morgan fingerprint density at radius 3 is 2.68 bits per heavy atom. The molecule has 0 bridgehead atoms. The van der Waals surface area contributed by atoms with Gasteiger partial charge in [0.05, 0.1) is 18.3 Å². The van der Waals surface area contributed by atoms with Crippen LogP contribution >= 0.6 is 8.18 Å². The SMILES string of the molecule is CC(C)OC(=O)[C@@H](C)N[P+](=O)OCC1CCC(c2ccnc3[nH]ccc23)O1.Oc1ccccc1. The number of carbonyl (C=O) groups excluding carboxylic acids is 1. The van der Waals surface area contributed by atoms with Gasteiger partial charge in [-0.3, -0.25) is 4.79 Å². The molecule has 1 aliphatic heterocycles. The van der Waals surface area contributed by atoms with Gasteiger partial charge in [-0.2, -0.15) is 0 Å². The van der Waals surface area contributed by atoms with Crippen LogP contribution in [0, 0.1) is 0 Å². The van der Waals surface area contributed by atoms with Crippen LogP contribution in [0.1, 0.15) is 45.3 Å². The Labute approximate surface area is 199 Å². The van der Waals surface area contributed by atoms with Gasteiger partial charge in [-0.1, -0.05) is 23.3 Å². The number of para-hydroxylation sites is 1. The number of carbonyl (C=O) groups is 1. The van der Waals surface area contributed by atoms with Crippen LogP contribution < -0.4 is 5.09 Å². The van der Waals surface area contributed by atoms with Gasteiger partial charge in [0.15, 0.2) is 0 Å². The molecule has 0 aliphatic carbocycles. The normalized spacial score (nSPS) is 18.9. The molecule has 1 saturated heterocycles. The maximum atomic E-state index is 12.0. The zero-order valence-corrected chi connectivity index (χ0v) is 20.4. The number of aromatic hydroxyl groups is 1. The third-order valence-electron chi connectivity index (χ3n) is 5.09. The average molecular weight is 489 g/mol. The summed E-state index contributed by atoms with van der Waals surface area (Å²) < 4.78 is 28.5. The van der Waals surface area contributed by atoms with E-state index in [9.17, 15) is 9.36 Å². The first kappa shape index (κ1) is 25.8. The lowest BCUT2D eigenvalue weighted by Gasteiger charge is -2.13. The van der Waals surface area contributed by atoms with Crippen LogP contribution in [0.3, 0.4) is 0 Å². The molecule has 34 heavy (non-hydrogen) atoms. The van der Waals surface area contributed by atoms with Crippen LogP contribution in [0.2, 0.25) is 0 Å². The molecule has 2 aromatic heterocycles. The minimum atomic E-state index is -2.18. The van der Waals surface area contributed by atoms with Crippen molar-refractivity contribution >= 4 is 25.2 Å². The van der Waals surface area contributed by atoms with E-state index >= 15 is 0 Å². The number of rotatable bonds is 8. The number of esters is 1. The first-order chi connectivity index (χ1) is 16.3. The molecule has 9 nitrogen and oxygen atoms in total. The lowest BCUT2D eigenvalue weighted by molar-refractivity contribution is -0.149. The van der Waals surface area contributed by atoms with Crippen molar-refractivity contribution in [2.75, 3.05) is 6.61 Å². The summed E-state index contributed by atoms with van der Waals surface area (Å²) in [4.78, 5) is 19.1. The standard InChI is InChI=1S/C18H25N3O5P.C6H6O/c1-11(2)25-18(22)12(3)21-27(23)24-10-13-4-5-16(26-13)14-6-8-19-17-15(14)7-9-20-17;7-6-4-2-1-3-5-6/h6-9,11-13,16H,4-5,10H2,1-3H3,(H,19,20)(H,21,23);1-5,7H/q+1;/t12-,13?,16?;/m1./s1. The summed E-state index contributed by atoms with van der Waals surface area (Å²) in [5, 5.41) is 12.3. The van der Waals surface area contributed by atoms with E-state index in [1.165, 1.54) is 0 Å². The number of hydrogen-bond donors (Lipinski definition) is 3. The molecule has 0 spiro atoms. The van der Waals surface area contributed by atoms with Crippen molar-refractivity contribution in [3.8, 4) is 5.75 Å². The van der Waals surface area contributed by atoms with E-state index in [1.807, 2.05) is 24.4 Å². The number of pyridine rings is 1. The van der Waals surface area contributed by atoms with E-state index in [0.717, 1.165) is 29.4 Å². The van der Waals surface area contributed by atoms with Gasteiger partial charge in [0.1, 0.15) is 24.0 Å². The number of phenolic OH excluding ortho intramolecular Hbond substituents is 1. The molecule has 1 fully saturated rings. The molecule has 10 heteroatoms. The molecular weight excluding hydrogens is 457 g/mol. The molecule has 3 heterocycles. The highest BCUT2D eigenvalue weighted by molar-refractivity contribution is 7.36. The number of nitrogens with zero attached hydrogens (tertiary/aromatic N) is 1. The maximum Gasteiger partial charge on any atom is 0.613 e. The zero-order chi connectivity index (χ0) is 24.5. The van der Waals surface area contributed by atoms with Crippen molar-refractivity contribution < 1.29 is 28.5 Å². The highest BCUT2D eigenvalue weighted by atomic mass is 31.1. The number of H-pyrrole nitrogens is 1. The Kier molecular flexibility index (Phi) is 9.53. The molecule has 4 rings (SSSR count). The Hall–Kier alpha value is -2.84. The highest BCUT2D eigenvalue weighted by Crippen LogP contribution is 2.36. The zero-order valence-electron chi connectivity index (χ0n) is 19.5. The molecule has 3 aromatic rings. The van der Waals surface area contributed by atoms with Crippen molar-refractivity contribution in [3.05, 3.63) is 60.4 Å². The fourth-order valence-corrected chi connectivity index (χ4v) is 4.28. The summed E-state index contributed by atoms with van der Waals surface area (Å²) in [7, 11) is -2.18. The van der Waals surface area contributed by atoms with Gasteiger partial charge in [-0.15, -0.1) is 4.52 Å². The number of aromatic amines is 1. The first-order valence-electron chi connectivity index (χ1n) is 11.2. The van der Waals surface area contributed by atoms with Crippen LogP contribution in [-0.4, -0.2) is 45.9 Å². The van der Waals surface area contributed by atoms with Gasteiger partial charge in [-0.05, 0) is 68.0 Å². The number of ether oxygens (including phenoxy) is 2. The van der Waals surface area contributed by atoms with Crippen molar-refractivity contribution in [2.45, 2.75) is 58.0 Å². The maximum absolute atomic E-state index is 12.0.